The van der Waals surface area contributed by atoms with E-state index in [1.54, 1.807) is 12.5 Å². The first-order chi connectivity index (χ1) is 14.2. The van der Waals surface area contributed by atoms with Crippen LogP contribution in [-0.4, -0.2) is 27.2 Å². The highest BCUT2D eigenvalue weighted by Crippen LogP contribution is 2.39. The fourth-order valence-corrected chi connectivity index (χ4v) is 3.46. The second-order valence-electron chi connectivity index (χ2n) is 6.60. The number of nitrogens with one attached hydrogen (secondary N) is 1. The summed E-state index contributed by atoms with van der Waals surface area (Å²) in [6, 6.07) is 15.7. The lowest BCUT2D eigenvalue weighted by Gasteiger charge is -2.22. The highest BCUT2D eigenvalue weighted by molar-refractivity contribution is 6.30. The van der Waals surface area contributed by atoms with E-state index in [0.29, 0.717) is 22.4 Å². The van der Waals surface area contributed by atoms with Crippen LogP contribution in [0, 0.1) is 6.92 Å². The van der Waals surface area contributed by atoms with E-state index in [2.05, 4.69) is 26.5 Å². The lowest BCUT2D eigenvalue weighted by molar-refractivity contribution is 0.0797. The van der Waals surface area contributed by atoms with Crippen LogP contribution in [0.25, 0.3) is 22.2 Å². The van der Waals surface area contributed by atoms with E-state index in [1.165, 1.54) is 0 Å². The van der Waals surface area contributed by atoms with E-state index in [9.17, 15) is 0 Å². The highest BCUT2D eigenvalue weighted by Gasteiger charge is 2.26. The SMILES string of the molecule is Cc1cccc(N(C2=COCO2)c2n[nH]c3nncc(-c4ccc(Cl)cc4)c23)c1. The molecule has 3 heterocycles. The van der Waals surface area contributed by atoms with Crippen LogP contribution in [0.5, 0.6) is 0 Å². The predicted molar refractivity (Wildman–Crippen MR) is 111 cm³/mol. The van der Waals surface area contributed by atoms with Gasteiger partial charge >= 0.3 is 0 Å². The molecule has 0 spiro atoms. The molecule has 1 N–H and O–H groups in total. The van der Waals surface area contributed by atoms with Gasteiger partial charge in [0.1, 0.15) is 6.26 Å². The molecule has 1 aliphatic rings. The minimum absolute atomic E-state index is 0.157. The van der Waals surface area contributed by atoms with E-state index in [1.807, 2.05) is 54.3 Å². The van der Waals surface area contributed by atoms with E-state index in [0.717, 1.165) is 27.8 Å². The molecule has 144 valence electrons. The smallest absolute Gasteiger partial charge is 0.238 e. The van der Waals surface area contributed by atoms with Crippen molar-refractivity contribution in [1.29, 1.82) is 0 Å². The van der Waals surface area contributed by atoms with E-state index < -0.39 is 0 Å². The average molecular weight is 406 g/mol. The van der Waals surface area contributed by atoms with Gasteiger partial charge in [-0.3, -0.25) is 10.00 Å². The second kappa shape index (κ2) is 7.10. The summed E-state index contributed by atoms with van der Waals surface area (Å²) in [4.78, 5) is 1.90. The summed E-state index contributed by atoms with van der Waals surface area (Å²) < 4.78 is 11.0. The number of nitrogens with zero attached hydrogens (tertiary/aromatic N) is 4. The molecule has 5 rings (SSSR count). The first-order valence-electron chi connectivity index (χ1n) is 8.98. The summed E-state index contributed by atoms with van der Waals surface area (Å²) in [7, 11) is 0. The molecule has 0 amide bonds. The maximum atomic E-state index is 6.07. The minimum Gasteiger partial charge on any atom is -0.459 e. The van der Waals surface area contributed by atoms with Crippen molar-refractivity contribution in [2.45, 2.75) is 6.92 Å². The fraction of sp³-hybridized carbons (Fsp3) is 0.0952. The standard InChI is InChI=1S/C21H16ClN5O2/c1-13-3-2-4-16(9-13)27(18-11-28-12-29-18)21-19-17(10-23-24-20(19)25-26-21)14-5-7-15(22)8-6-14/h2-11H,12H2,1H3,(H,24,25,26). The summed E-state index contributed by atoms with van der Waals surface area (Å²) in [6.45, 7) is 2.19. The number of hydrogen-bond acceptors (Lipinski definition) is 6. The van der Waals surface area contributed by atoms with Gasteiger partial charge in [-0.1, -0.05) is 35.9 Å². The quantitative estimate of drug-likeness (QED) is 0.519. The van der Waals surface area contributed by atoms with Crippen molar-refractivity contribution >= 4 is 34.1 Å². The number of anilines is 2. The number of aromatic amines is 1. The normalized spacial score (nSPS) is 13.1. The molecule has 0 saturated carbocycles. The average Bonchev–Trinajstić information content (AvgIpc) is 3.40. The van der Waals surface area contributed by atoms with Crippen LogP contribution in [0.4, 0.5) is 11.5 Å². The number of halogens is 1. The molecule has 7 nitrogen and oxygen atoms in total. The number of aryl methyl sites for hydroxylation is 1. The zero-order valence-corrected chi connectivity index (χ0v) is 16.2. The molecule has 0 saturated heterocycles. The van der Waals surface area contributed by atoms with E-state index in [4.69, 9.17) is 21.1 Å². The van der Waals surface area contributed by atoms with Crippen LogP contribution in [0.2, 0.25) is 5.02 Å². The van der Waals surface area contributed by atoms with Crippen molar-refractivity contribution in [1.82, 2.24) is 20.4 Å². The van der Waals surface area contributed by atoms with Crippen molar-refractivity contribution in [3.63, 3.8) is 0 Å². The zero-order valence-electron chi connectivity index (χ0n) is 15.5. The Labute approximate surface area is 171 Å². The van der Waals surface area contributed by atoms with Crippen LogP contribution >= 0.6 is 11.6 Å². The third kappa shape index (κ3) is 3.15. The summed E-state index contributed by atoms with van der Waals surface area (Å²) in [6.07, 6.45) is 3.30. The molecule has 1 aliphatic heterocycles. The molecule has 4 aromatic rings. The van der Waals surface area contributed by atoms with E-state index >= 15 is 0 Å². The van der Waals surface area contributed by atoms with Gasteiger partial charge in [-0.2, -0.15) is 10.2 Å². The van der Waals surface area contributed by atoms with Gasteiger partial charge < -0.3 is 9.47 Å². The maximum Gasteiger partial charge on any atom is 0.238 e. The Hall–Kier alpha value is -3.58. The van der Waals surface area contributed by atoms with Crippen molar-refractivity contribution in [3.8, 4) is 11.1 Å². The first kappa shape index (κ1) is 17.5. The van der Waals surface area contributed by atoms with Gasteiger partial charge in [0.05, 0.1) is 17.3 Å². The molecule has 0 aliphatic carbocycles. The number of benzene rings is 2. The van der Waals surface area contributed by atoms with Gasteiger partial charge in [-0.15, -0.1) is 5.10 Å². The van der Waals surface area contributed by atoms with Crippen molar-refractivity contribution in [2.24, 2.45) is 0 Å². The number of ether oxygens (including phenoxy) is 2. The van der Waals surface area contributed by atoms with Crippen LogP contribution in [0.15, 0.2) is 66.9 Å². The Morgan fingerprint density at radius 3 is 2.76 bits per heavy atom. The Kier molecular flexibility index (Phi) is 4.29. The fourth-order valence-electron chi connectivity index (χ4n) is 3.33. The maximum absolute atomic E-state index is 6.07. The molecule has 0 bridgehead atoms. The Bertz CT molecular complexity index is 1220. The number of aromatic nitrogens is 4. The number of fused-ring (bicyclic) bond motifs is 1. The topological polar surface area (TPSA) is 76.2 Å². The van der Waals surface area contributed by atoms with E-state index in [-0.39, 0.29) is 6.79 Å². The van der Waals surface area contributed by atoms with Crippen LogP contribution in [0.3, 0.4) is 0 Å². The van der Waals surface area contributed by atoms with Crippen LogP contribution < -0.4 is 4.90 Å². The third-order valence-corrected chi connectivity index (χ3v) is 4.90. The van der Waals surface area contributed by atoms with Crippen LogP contribution in [-0.2, 0) is 9.47 Å². The zero-order chi connectivity index (χ0) is 19.8. The van der Waals surface area contributed by atoms with Crippen molar-refractivity contribution < 1.29 is 9.47 Å². The third-order valence-electron chi connectivity index (χ3n) is 4.65. The van der Waals surface area contributed by atoms with Crippen molar-refractivity contribution in [2.75, 3.05) is 11.7 Å². The second-order valence-corrected chi connectivity index (χ2v) is 7.03. The van der Waals surface area contributed by atoms with Gasteiger partial charge in [-0.25, -0.2) is 0 Å². The van der Waals surface area contributed by atoms with Gasteiger partial charge in [-0.05, 0) is 42.3 Å². The van der Waals surface area contributed by atoms with Gasteiger partial charge in [0.2, 0.25) is 12.7 Å². The van der Waals surface area contributed by atoms with Gasteiger partial charge in [0, 0.05) is 10.6 Å². The molecule has 0 radical (unpaired) electrons. The Morgan fingerprint density at radius 1 is 1.14 bits per heavy atom. The minimum atomic E-state index is 0.157. The molecule has 8 heteroatoms. The molecular formula is C21H16ClN5O2. The lowest BCUT2D eigenvalue weighted by Crippen LogP contribution is -2.17. The number of hydrogen-bond donors (Lipinski definition) is 1. The monoisotopic (exact) mass is 405 g/mol. The summed E-state index contributed by atoms with van der Waals surface area (Å²) in [5.41, 5.74) is 4.43. The molecular weight excluding hydrogens is 390 g/mol. The summed E-state index contributed by atoms with van der Waals surface area (Å²) in [5.74, 6) is 1.19. The first-order valence-corrected chi connectivity index (χ1v) is 9.35. The molecule has 0 atom stereocenters. The largest absolute Gasteiger partial charge is 0.459 e. The number of rotatable bonds is 4. The van der Waals surface area contributed by atoms with Gasteiger partial charge in [0.15, 0.2) is 11.5 Å². The number of H-pyrrole nitrogens is 1. The summed E-state index contributed by atoms with van der Waals surface area (Å²) >= 11 is 6.07. The van der Waals surface area contributed by atoms with Crippen LogP contribution in [0.1, 0.15) is 5.56 Å². The Morgan fingerprint density at radius 2 is 2.00 bits per heavy atom. The molecule has 2 aromatic heterocycles. The lowest BCUT2D eigenvalue weighted by atomic mass is 10.0. The molecule has 0 fully saturated rings. The highest BCUT2D eigenvalue weighted by atomic mass is 35.5. The Balaban J connectivity index is 1.75. The molecule has 2 aromatic carbocycles. The summed E-state index contributed by atoms with van der Waals surface area (Å²) in [5, 5.41) is 17.4. The van der Waals surface area contributed by atoms with Crippen molar-refractivity contribution in [3.05, 3.63) is 77.5 Å². The predicted octanol–water partition coefficient (Wildman–Crippen LogP) is 4.92. The molecule has 0 unspecified atom stereocenters. The van der Waals surface area contributed by atoms with Gasteiger partial charge in [0.25, 0.3) is 0 Å². The molecule has 29 heavy (non-hydrogen) atoms.